The maximum absolute atomic E-state index is 7.42. The summed E-state index contributed by atoms with van der Waals surface area (Å²) in [6, 6.07) is 2.64. The summed E-state index contributed by atoms with van der Waals surface area (Å²) in [4.78, 5) is 10.9. The van der Waals surface area contributed by atoms with E-state index in [4.69, 9.17) is 11.1 Å². The van der Waals surface area contributed by atoms with Crippen molar-refractivity contribution in [1.82, 2.24) is 9.97 Å². The van der Waals surface area contributed by atoms with Crippen LogP contribution in [0.3, 0.4) is 0 Å². The predicted molar refractivity (Wildman–Crippen MR) is 68.3 cm³/mol. The molecule has 1 saturated heterocycles. The Labute approximate surface area is 102 Å². The van der Waals surface area contributed by atoms with E-state index in [0.29, 0.717) is 23.7 Å². The van der Waals surface area contributed by atoms with Crippen LogP contribution in [0.5, 0.6) is 0 Å². The Morgan fingerprint density at radius 2 is 2.35 bits per heavy atom. The fraction of sp³-hybridized carbons (Fsp3) is 0.583. The molecular formula is C12H19N5. The molecule has 0 bridgehead atoms. The molecule has 0 spiro atoms. The number of nitrogen functional groups attached to an aromatic ring is 1. The number of amidine groups is 1. The Morgan fingerprint density at radius 1 is 1.59 bits per heavy atom. The average Bonchev–Trinajstić information content (AvgIpc) is 2.70. The first-order valence-corrected chi connectivity index (χ1v) is 6.09. The van der Waals surface area contributed by atoms with E-state index >= 15 is 0 Å². The Balaban J connectivity index is 2.32. The Bertz CT molecular complexity index is 417. The molecule has 2 unspecified atom stereocenters. The summed E-state index contributed by atoms with van der Waals surface area (Å²) in [6.45, 7) is 4.38. The molecule has 1 aromatic rings. The average molecular weight is 233 g/mol. The van der Waals surface area contributed by atoms with Crippen molar-refractivity contribution >= 4 is 11.8 Å². The van der Waals surface area contributed by atoms with Crippen molar-refractivity contribution < 1.29 is 0 Å². The first-order chi connectivity index (χ1) is 8.13. The summed E-state index contributed by atoms with van der Waals surface area (Å²) in [5.74, 6) is 0.697. The molecule has 5 heteroatoms. The van der Waals surface area contributed by atoms with Gasteiger partial charge in [0.1, 0.15) is 11.5 Å². The lowest BCUT2D eigenvalue weighted by Gasteiger charge is -2.28. The van der Waals surface area contributed by atoms with Gasteiger partial charge in [0, 0.05) is 18.3 Å². The van der Waals surface area contributed by atoms with E-state index in [1.165, 1.54) is 12.8 Å². The van der Waals surface area contributed by atoms with Crippen LogP contribution in [0.25, 0.3) is 0 Å². The van der Waals surface area contributed by atoms with Gasteiger partial charge in [-0.15, -0.1) is 0 Å². The molecule has 92 valence electrons. The zero-order valence-corrected chi connectivity index (χ0v) is 10.3. The van der Waals surface area contributed by atoms with E-state index in [2.05, 4.69) is 28.7 Å². The first kappa shape index (κ1) is 11.8. The third kappa shape index (κ3) is 2.23. The van der Waals surface area contributed by atoms with Gasteiger partial charge < -0.3 is 10.6 Å². The molecule has 3 N–H and O–H groups in total. The minimum Gasteiger partial charge on any atom is -0.382 e. The van der Waals surface area contributed by atoms with E-state index in [9.17, 15) is 0 Å². The predicted octanol–water partition coefficient (Wildman–Crippen LogP) is 1.53. The van der Waals surface area contributed by atoms with E-state index < -0.39 is 0 Å². The minimum absolute atomic E-state index is 0.00597. The highest BCUT2D eigenvalue weighted by Crippen LogP contribution is 2.29. The standard InChI is InChI=1S/C12H19N5/c1-3-9-5-4-8(2)17(9)12-15-7-6-10(16-12)11(13)14/h6-9H,3-5H2,1-2H3,(H3,13,14). The van der Waals surface area contributed by atoms with E-state index in [-0.39, 0.29) is 5.84 Å². The summed E-state index contributed by atoms with van der Waals surface area (Å²) in [5, 5.41) is 7.42. The Morgan fingerprint density at radius 3 is 3.00 bits per heavy atom. The Kier molecular flexibility index (Phi) is 3.26. The second kappa shape index (κ2) is 4.69. The molecule has 0 radical (unpaired) electrons. The molecule has 2 atom stereocenters. The van der Waals surface area contributed by atoms with Crippen LogP contribution in [0.15, 0.2) is 12.3 Å². The summed E-state index contributed by atoms with van der Waals surface area (Å²) < 4.78 is 0. The van der Waals surface area contributed by atoms with Gasteiger partial charge >= 0.3 is 0 Å². The number of rotatable bonds is 3. The lowest BCUT2D eigenvalue weighted by molar-refractivity contribution is 0.612. The topological polar surface area (TPSA) is 78.9 Å². The smallest absolute Gasteiger partial charge is 0.226 e. The number of nitrogens with one attached hydrogen (secondary N) is 1. The van der Waals surface area contributed by atoms with Gasteiger partial charge in [0.25, 0.3) is 0 Å². The van der Waals surface area contributed by atoms with Crippen molar-refractivity contribution in [3.8, 4) is 0 Å². The lowest BCUT2D eigenvalue weighted by atomic mass is 10.2. The third-order valence-corrected chi connectivity index (χ3v) is 3.41. The van der Waals surface area contributed by atoms with Crippen LogP contribution in [0.1, 0.15) is 38.8 Å². The second-order valence-corrected chi connectivity index (χ2v) is 4.55. The molecule has 2 rings (SSSR count). The summed E-state index contributed by atoms with van der Waals surface area (Å²) in [6.07, 6.45) is 5.13. The zero-order valence-electron chi connectivity index (χ0n) is 10.3. The van der Waals surface area contributed by atoms with E-state index in [1.54, 1.807) is 12.3 Å². The number of nitrogens with zero attached hydrogens (tertiary/aromatic N) is 3. The second-order valence-electron chi connectivity index (χ2n) is 4.55. The largest absolute Gasteiger partial charge is 0.382 e. The van der Waals surface area contributed by atoms with Gasteiger partial charge in [-0.1, -0.05) is 6.92 Å². The van der Waals surface area contributed by atoms with Gasteiger partial charge in [-0.25, -0.2) is 9.97 Å². The number of hydrogen-bond donors (Lipinski definition) is 2. The monoisotopic (exact) mass is 233 g/mol. The van der Waals surface area contributed by atoms with Gasteiger partial charge in [-0.3, -0.25) is 5.41 Å². The Hall–Kier alpha value is -1.65. The van der Waals surface area contributed by atoms with E-state index in [1.807, 2.05) is 0 Å². The van der Waals surface area contributed by atoms with Gasteiger partial charge in [0.2, 0.25) is 5.95 Å². The van der Waals surface area contributed by atoms with Gasteiger partial charge in [0.05, 0.1) is 0 Å². The molecule has 1 aliphatic heterocycles. The number of aromatic nitrogens is 2. The van der Waals surface area contributed by atoms with Crippen LogP contribution < -0.4 is 10.6 Å². The quantitative estimate of drug-likeness (QED) is 0.613. The minimum atomic E-state index is -0.00597. The van der Waals surface area contributed by atoms with Crippen molar-refractivity contribution in [2.24, 2.45) is 5.73 Å². The van der Waals surface area contributed by atoms with Crippen LogP contribution >= 0.6 is 0 Å². The van der Waals surface area contributed by atoms with Crippen molar-refractivity contribution in [3.63, 3.8) is 0 Å². The lowest BCUT2D eigenvalue weighted by Crippen LogP contribution is -2.36. The summed E-state index contributed by atoms with van der Waals surface area (Å²) >= 11 is 0. The SMILES string of the molecule is CCC1CCC(C)N1c1nccc(C(=N)N)n1. The van der Waals surface area contributed by atoms with E-state index in [0.717, 1.165) is 6.42 Å². The molecule has 0 saturated carbocycles. The van der Waals surface area contributed by atoms with Gasteiger partial charge in [-0.05, 0) is 32.3 Å². The number of nitrogens with two attached hydrogens (primary N) is 1. The van der Waals surface area contributed by atoms with Gasteiger partial charge in [0.15, 0.2) is 0 Å². The zero-order chi connectivity index (χ0) is 12.4. The van der Waals surface area contributed by atoms with Crippen LogP contribution in [0, 0.1) is 5.41 Å². The molecule has 0 aromatic carbocycles. The molecule has 0 aliphatic carbocycles. The molecule has 2 heterocycles. The number of hydrogen-bond acceptors (Lipinski definition) is 4. The van der Waals surface area contributed by atoms with Crippen LogP contribution in [-0.4, -0.2) is 27.9 Å². The highest BCUT2D eigenvalue weighted by molar-refractivity contribution is 5.93. The van der Waals surface area contributed by atoms with Crippen molar-refractivity contribution in [2.45, 2.75) is 45.2 Å². The highest BCUT2D eigenvalue weighted by atomic mass is 15.3. The summed E-state index contributed by atoms with van der Waals surface area (Å²) in [7, 11) is 0. The summed E-state index contributed by atoms with van der Waals surface area (Å²) in [5.41, 5.74) is 5.96. The van der Waals surface area contributed by atoms with Gasteiger partial charge in [-0.2, -0.15) is 0 Å². The highest BCUT2D eigenvalue weighted by Gasteiger charge is 2.31. The first-order valence-electron chi connectivity index (χ1n) is 6.09. The van der Waals surface area contributed by atoms with Crippen LogP contribution in [0.4, 0.5) is 5.95 Å². The fourth-order valence-electron chi connectivity index (χ4n) is 2.46. The number of anilines is 1. The fourth-order valence-corrected chi connectivity index (χ4v) is 2.46. The van der Waals surface area contributed by atoms with Crippen molar-refractivity contribution in [3.05, 3.63) is 18.0 Å². The molecule has 1 aliphatic rings. The molecule has 5 nitrogen and oxygen atoms in total. The third-order valence-electron chi connectivity index (χ3n) is 3.41. The van der Waals surface area contributed by atoms with Crippen molar-refractivity contribution in [2.75, 3.05) is 4.90 Å². The molecular weight excluding hydrogens is 214 g/mol. The van der Waals surface area contributed by atoms with Crippen molar-refractivity contribution in [1.29, 1.82) is 5.41 Å². The molecule has 1 aromatic heterocycles. The molecule has 0 amide bonds. The molecule has 1 fully saturated rings. The maximum atomic E-state index is 7.42. The molecule has 17 heavy (non-hydrogen) atoms. The normalized spacial score (nSPS) is 24.0. The maximum Gasteiger partial charge on any atom is 0.226 e. The van der Waals surface area contributed by atoms with Crippen LogP contribution in [0.2, 0.25) is 0 Å². The van der Waals surface area contributed by atoms with Crippen LogP contribution in [-0.2, 0) is 0 Å².